The van der Waals surface area contributed by atoms with Crippen molar-refractivity contribution in [3.8, 4) is 0 Å². The Morgan fingerprint density at radius 3 is 2.30 bits per heavy atom. The highest BCUT2D eigenvalue weighted by molar-refractivity contribution is 5.78. The number of nitrogens with zero attached hydrogens (tertiary/aromatic N) is 1. The van der Waals surface area contributed by atoms with Gasteiger partial charge < -0.3 is 4.90 Å². The fourth-order valence-corrected chi connectivity index (χ4v) is 0.656. The number of Topliss-reactive ketones (excluding diaryl/α,β-unsaturated/α-hetero) is 1. The van der Waals surface area contributed by atoms with Crippen molar-refractivity contribution < 1.29 is 4.79 Å². The molecular formula is C8H17NO. The number of carbonyl (C=O) groups is 1. The standard InChI is InChI=1S/C8H17NO/c1-5-8(10)6-7(2)9(3)4/h7H,5-6H2,1-4H3/t7-/m0/s1. The van der Waals surface area contributed by atoms with E-state index in [1.165, 1.54) is 0 Å². The van der Waals surface area contributed by atoms with Crippen LogP contribution in [0.2, 0.25) is 0 Å². The van der Waals surface area contributed by atoms with Crippen molar-refractivity contribution in [3.63, 3.8) is 0 Å². The smallest absolute Gasteiger partial charge is 0.134 e. The van der Waals surface area contributed by atoms with E-state index >= 15 is 0 Å². The molecule has 0 aliphatic rings. The van der Waals surface area contributed by atoms with Crippen molar-refractivity contribution in [2.75, 3.05) is 14.1 Å². The molecule has 0 aromatic rings. The minimum absolute atomic E-state index is 0.348. The lowest BCUT2D eigenvalue weighted by Gasteiger charge is -2.18. The zero-order valence-corrected chi connectivity index (χ0v) is 7.35. The SMILES string of the molecule is CCC(=O)C[C@H](C)N(C)C. The van der Waals surface area contributed by atoms with E-state index in [1.807, 2.05) is 21.0 Å². The lowest BCUT2D eigenvalue weighted by molar-refractivity contribution is -0.119. The molecule has 0 radical (unpaired) electrons. The molecule has 0 aromatic carbocycles. The van der Waals surface area contributed by atoms with E-state index in [9.17, 15) is 4.79 Å². The first-order valence-electron chi connectivity index (χ1n) is 3.76. The summed E-state index contributed by atoms with van der Waals surface area (Å²) in [5, 5.41) is 0. The van der Waals surface area contributed by atoms with Crippen molar-refractivity contribution >= 4 is 5.78 Å². The first-order chi connectivity index (χ1) is 4.57. The molecule has 0 amide bonds. The summed E-state index contributed by atoms with van der Waals surface area (Å²) >= 11 is 0. The van der Waals surface area contributed by atoms with Crippen molar-refractivity contribution in [2.45, 2.75) is 32.7 Å². The van der Waals surface area contributed by atoms with Gasteiger partial charge in [-0.2, -0.15) is 0 Å². The highest BCUT2D eigenvalue weighted by Crippen LogP contribution is 2.00. The average molecular weight is 143 g/mol. The van der Waals surface area contributed by atoms with Gasteiger partial charge in [-0.15, -0.1) is 0 Å². The topological polar surface area (TPSA) is 20.3 Å². The summed E-state index contributed by atoms with van der Waals surface area (Å²) in [5.74, 6) is 0.348. The molecule has 0 unspecified atom stereocenters. The Kier molecular flexibility index (Phi) is 4.28. The highest BCUT2D eigenvalue weighted by atomic mass is 16.1. The molecule has 60 valence electrons. The van der Waals surface area contributed by atoms with Crippen LogP contribution in [0.15, 0.2) is 0 Å². The second kappa shape index (κ2) is 4.45. The van der Waals surface area contributed by atoms with E-state index in [4.69, 9.17) is 0 Å². The zero-order chi connectivity index (χ0) is 8.15. The maximum atomic E-state index is 10.9. The van der Waals surface area contributed by atoms with Gasteiger partial charge in [-0.3, -0.25) is 4.79 Å². The van der Waals surface area contributed by atoms with Gasteiger partial charge >= 0.3 is 0 Å². The third-order valence-corrected chi connectivity index (χ3v) is 1.80. The average Bonchev–Trinajstić information content (AvgIpc) is 1.87. The molecule has 0 spiro atoms. The van der Waals surface area contributed by atoms with Crippen LogP contribution in [0.3, 0.4) is 0 Å². The number of rotatable bonds is 4. The lowest BCUT2D eigenvalue weighted by atomic mass is 10.1. The monoisotopic (exact) mass is 143 g/mol. The molecule has 0 aliphatic heterocycles. The molecule has 0 saturated carbocycles. The summed E-state index contributed by atoms with van der Waals surface area (Å²) in [6.07, 6.45) is 1.35. The van der Waals surface area contributed by atoms with E-state index in [-0.39, 0.29) is 0 Å². The quantitative estimate of drug-likeness (QED) is 0.591. The largest absolute Gasteiger partial charge is 0.306 e. The molecule has 2 heteroatoms. The highest BCUT2D eigenvalue weighted by Gasteiger charge is 2.07. The van der Waals surface area contributed by atoms with Crippen molar-refractivity contribution in [1.29, 1.82) is 0 Å². The maximum absolute atomic E-state index is 10.9. The Balaban J connectivity index is 3.57. The molecule has 0 rings (SSSR count). The molecule has 0 bridgehead atoms. The van der Waals surface area contributed by atoms with Crippen LogP contribution in [0.4, 0.5) is 0 Å². The van der Waals surface area contributed by atoms with Crippen LogP contribution in [0, 0.1) is 0 Å². The molecule has 0 N–H and O–H groups in total. The molecule has 10 heavy (non-hydrogen) atoms. The maximum Gasteiger partial charge on any atom is 0.134 e. The van der Waals surface area contributed by atoms with Crippen LogP contribution in [-0.2, 0) is 4.79 Å². The summed E-state index contributed by atoms with van der Waals surface area (Å²) < 4.78 is 0. The van der Waals surface area contributed by atoms with Crippen molar-refractivity contribution in [1.82, 2.24) is 4.90 Å². The lowest BCUT2D eigenvalue weighted by Crippen LogP contribution is -2.26. The van der Waals surface area contributed by atoms with Crippen LogP contribution < -0.4 is 0 Å². The minimum atomic E-state index is 0.348. The second-order valence-corrected chi connectivity index (χ2v) is 2.91. The fourth-order valence-electron chi connectivity index (χ4n) is 0.656. The van der Waals surface area contributed by atoms with Gasteiger partial charge in [0, 0.05) is 18.9 Å². The molecule has 0 heterocycles. The molecular weight excluding hydrogens is 126 g/mol. The first-order valence-corrected chi connectivity index (χ1v) is 3.76. The van der Waals surface area contributed by atoms with Gasteiger partial charge in [0.2, 0.25) is 0 Å². The molecule has 0 saturated heterocycles. The van der Waals surface area contributed by atoms with Crippen LogP contribution in [0.1, 0.15) is 26.7 Å². The van der Waals surface area contributed by atoms with Crippen LogP contribution in [0.5, 0.6) is 0 Å². The number of carbonyl (C=O) groups excluding carboxylic acids is 1. The van der Waals surface area contributed by atoms with E-state index in [1.54, 1.807) is 0 Å². The van der Waals surface area contributed by atoms with Gasteiger partial charge in [0.15, 0.2) is 0 Å². The number of hydrogen-bond acceptors (Lipinski definition) is 2. The van der Waals surface area contributed by atoms with Gasteiger partial charge in [0.05, 0.1) is 0 Å². The molecule has 2 nitrogen and oxygen atoms in total. The summed E-state index contributed by atoms with van der Waals surface area (Å²) in [4.78, 5) is 13.0. The van der Waals surface area contributed by atoms with Crippen molar-refractivity contribution in [2.24, 2.45) is 0 Å². The number of ketones is 1. The minimum Gasteiger partial charge on any atom is -0.306 e. The first kappa shape index (κ1) is 9.63. The Hall–Kier alpha value is -0.370. The fraction of sp³-hybridized carbons (Fsp3) is 0.875. The summed E-state index contributed by atoms with van der Waals surface area (Å²) in [7, 11) is 3.99. The summed E-state index contributed by atoms with van der Waals surface area (Å²) in [6, 6.07) is 0.382. The molecule has 1 atom stereocenters. The second-order valence-electron chi connectivity index (χ2n) is 2.91. The van der Waals surface area contributed by atoms with Gasteiger partial charge in [0.1, 0.15) is 5.78 Å². The summed E-state index contributed by atoms with van der Waals surface area (Å²) in [6.45, 7) is 3.97. The third-order valence-electron chi connectivity index (χ3n) is 1.80. The van der Waals surface area contributed by atoms with Crippen LogP contribution >= 0.6 is 0 Å². The van der Waals surface area contributed by atoms with Gasteiger partial charge in [-0.1, -0.05) is 6.92 Å². The van der Waals surface area contributed by atoms with Crippen molar-refractivity contribution in [3.05, 3.63) is 0 Å². The van der Waals surface area contributed by atoms with Crippen LogP contribution in [-0.4, -0.2) is 30.8 Å². The Bertz CT molecular complexity index is 110. The molecule has 0 aromatic heterocycles. The zero-order valence-electron chi connectivity index (χ0n) is 7.35. The molecule has 0 fully saturated rings. The van der Waals surface area contributed by atoms with Crippen LogP contribution in [0.25, 0.3) is 0 Å². The predicted molar refractivity (Wildman–Crippen MR) is 43.1 cm³/mol. The van der Waals surface area contributed by atoms with E-state index < -0.39 is 0 Å². The third kappa shape index (κ3) is 3.62. The Labute approximate surface area is 63.2 Å². The predicted octanol–water partition coefficient (Wildman–Crippen LogP) is 1.31. The number of hydrogen-bond donors (Lipinski definition) is 0. The normalized spacial score (nSPS) is 13.7. The summed E-state index contributed by atoms with van der Waals surface area (Å²) in [5.41, 5.74) is 0. The Morgan fingerprint density at radius 2 is 2.00 bits per heavy atom. The van der Waals surface area contributed by atoms with Gasteiger partial charge in [-0.25, -0.2) is 0 Å². The Morgan fingerprint density at radius 1 is 1.50 bits per heavy atom. The molecule has 0 aliphatic carbocycles. The van der Waals surface area contributed by atoms with E-state index in [2.05, 4.69) is 11.8 Å². The van der Waals surface area contributed by atoms with Gasteiger partial charge in [0.25, 0.3) is 0 Å². The van der Waals surface area contributed by atoms with E-state index in [0.29, 0.717) is 24.7 Å². The van der Waals surface area contributed by atoms with Gasteiger partial charge in [-0.05, 0) is 21.0 Å². The van der Waals surface area contributed by atoms with E-state index in [0.717, 1.165) is 0 Å².